The summed E-state index contributed by atoms with van der Waals surface area (Å²) in [6.07, 6.45) is 5.96. The number of rotatable bonds is 19. The number of benzene rings is 5. The van der Waals surface area contributed by atoms with E-state index in [0.29, 0.717) is 47.5 Å². The van der Waals surface area contributed by atoms with Crippen LogP contribution in [-0.2, 0) is 22.7 Å². The number of allylic oxidation sites excluding steroid dienone is 1. The van der Waals surface area contributed by atoms with Crippen molar-refractivity contribution in [1.82, 2.24) is 15.5 Å². The number of aliphatic hydroxyl groups is 1. The average molecular weight is 870 g/mol. The molecule has 0 aliphatic carbocycles. The summed E-state index contributed by atoms with van der Waals surface area (Å²) in [5.74, 6) is 1.29. The number of nitrogens with zero attached hydrogens (tertiary/aromatic N) is 2. The summed E-state index contributed by atoms with van der Waals surface area (Å²) in [7, 11) is 3.58. The van der Waals surface area contributed by atoms with Crippen LogP contribution < -0.4 is 25.6 Å². The predicted molar refractivity (Wildman–Crippen MR) is 250 cm³/mol. The topological polar surface area (TPSA) is 173 Å². The summed E-state index contributed by atoms with van der Waals surface area (Å²) in [6, 6.07) is 34.1. The fourth-order valence-corrected chi connectivity index (χ4v) is 7.99. The number of aromatic hydroxyl groups is 1. The molecule has 0 spiro atoms. The number of amides is 1. The molecule has 3 aliphatic rings. The molecule has 3 fully saturated rings. The third-order valence-corrected chi connectivity index (χ3v) is 11.7. The zero-order valence-electron chi connectivity index (χ0n) is 36.5. The number of hydrogen-bond acceptors (Lipinski definition) is 11. The summed E-state index contributed by atoms with van der Waals surface area (Å²) in [5.41, 5.74) is 6.33. The van der Waals surface area contributed by atoms with Gasteiger partial charge in [-0.2, -0.15) is 0 Å². The Hall–Kier alpha value is -6.67. The minimum Gasteiger partial charge on any atom is -0.506 e. The lowest BCUT2D eigenvalue weighted by Crippen LogP contribution is -2.41. The Morgan fingerprint density at radius 3 is 2.19 bits per heavy atom. The van der Waals surface area contributed by atoms with E-state index in [2.05, 4.69) is 20.9 Å². The van der Waals surface area contributed by atoms with E-state index in [1.807, 2.05) is 90.8 Å². The van der Waals surface area contributed by atoms with Gasteiger partial charge in [-0.05, 0) is 127 Å². The molecule has 2 atom stereocenters. The molecule has 13 heteroatoms. The molecular formula is C51H59N5O8. The molecule has 2 unspecified atom stereocenters. The molecule has 13 nitrogen and oxygen atoms in total. The lowest BCUT2D eigenvalue weighted by Gasteiger charge is -2.38. The standard InChI is InChI=1S/C44H46N4O8.C7H13N/c1-45-42-38(12-7-24-49)37(21-22-39(42)50)40(51)28-46-27-30-15-19-35(20-16-30)48(2)23-25-55-43(52)33-17-13-31(14-18-33)29-56-36-11-6-10-34(26-36)41(47-44(53)54)32-8-4-3-5-9-32;1-4-8-5-2-7(1)3-6-8/h3-22,24,26,40-41,45-47,50-51H,23,25,27-29H2,1-2H3,(H,53,54);7H,1-6H2/b12-7-;. The Balaban J connectivity index is 0.000000755. The van der Waals surface area contributed by atoms with Crippen LogP contribution in [0.15, 0.2) is 121 Å². The van der Waals surface area contributed by atoms with Gasteiger partial charge in [0.15, 0.2) is 0 Å². The summed E-state index contributed by atoms with van der Waals surface area (Å²) in [4.78, 5) is 39.7. The fraction of sp³-hybridized carbons (Fsp3) is 0.314. The number of fused-ring (bicyclic) bond motifs is 3. The number of anilines is 2. The molecule has 5 aromatic rings. The minimum atomic E-state index is -1.12. The van der Waals surface area contributed by atoms with Gasteiger partial charge in [0.05, 0.1) is 29.9 Å². The largest absolute Gasteiger partial charge is 0.506 e. The summed E-state index contributed by atoms with van der Waals surface area (Å²) in [5, 5.41) is 39.2. The van der Waals surface area contributed by atoms with Crippen LogP contribution >= 0.6 is 0 Å². The maximum Gasteiger partial charge on any atom is 0.405 e. The molecule has 3 heterocycles. The van der Waals surface area contributed by atoms with Crippen molar-refractivity contribution in [2.24, 2.45) is 5.92 Å². The van der Waals surface area contributed by atoms with E-state index >= 15 is 0 Å². The number of aliphatic hydroxyl groups excluding tert-OH is 1. The van der Waals surface area contributed by atoms with Gasteiger partial charge in [0.1, 0.15) is 31.0 Å². The molecule has 8 rings (SSSR count). The van der Waals surface area contributed by atoms with Gasteiger partial charge in [0.2, 0.25) is 0 Å². The van der Waals surface area contributed by atoms with Crippen LogP contribution in [0.25, 0.3) is 6.08 Å². The van der Waals surface area contributed by atoms with Crippen LogP contribution in [0, 0.1) is 5.92 Å². The third kappa shape index (κ3) is 13.4. The molecular weight excluding hydrogens is 811 g/mol. The Labute approximate surface area is 375 Å². The first-order chi connectivity index (χ1) is 31.1. The van der Waals surface area contributed by atoms with Gasteiger partial charge >= 0.3 is 12.1 Å². The van der Waals surface area contributed by atoms with E-state index in [1.54, 1.807) is 43.5 Å². The second-order valence-electron chi connectivity index (χ2n) is 16.0. The number of likely N-dealkylation sites (N-methyl/N-ethyl adjacent to an activating group) is 1. The molecule has 336 valence electrons. The fourth-order valence-electron chi connectivity index (χ4n) is 7.99. The lowest BCUT2D eigenvalue weighted by molar-refractivity contribution is -0.104. The van der Waals surface area contributed by atoms with Gasteiger partial charge in [-0.25, -0.2) is 9.59 Å². The van der Waals surface area contributed by atoms with Gasteiger partial charge in [-0.1, -0.05) is 72.8 Å². The molecule has 1 amide bonds. The van der Waals surface area contributed by atoms with E-state index in [0.717, 1.165) is 33.9 Å². The number of esters is 1. The maximum atomic E-state index is 12.8. The first kappa shape index (κ1) is 46.8. The normalized spacial score (nSPS) is 16.2. The number of piperidine rings is 3. The molecule has 64 heavy (non-hydrogen) atoms. The Kier molecular flexibility index (Phi) is 17.3. The molecule has 3 aliphatic heterocycles. The van der Waals surface area contributed by atoms with Crippen molar-refractivity contribution < 1.29 is 39.2 Å². The Bertz CT molecular complexity index is 2270. The maximum absolute atomic E-state index is 12.8. The number of hydrogen-bond donors (Lipinski definition) is 6. The Morgan fingerprint density at radius 1 is 0.875 bits per heavy atom. The quantitative estimate of drug-likeness (QED) is 0.0206. The Morgan fingerprint density at radius 2 is 1.56 bits per heavy atom. The van der Waals surface area contributed by atoms with Gasteiger partial charge in [-0.3, -0.25) is 4.79 Å². The summed E-state index contributed by atoms with van der Waals surface area (Å²) < 4.78 is 11.5. The van der Waals surface area contributed by atoms with Crippen LogP contribution in [-0.4, -0.2) is 92.0 Å². The zero-order valence-corrected chi connectivity index (χ0v) is 36.5. The molecule has 5 aromatic carbocycles. The van der Waals surface area contributed by atoms with Gasteiger partial charge in [0, 0.05) is 38.4 Å². The predicted octanol–water partition coefficient (Wildman–Crippen LogP) is 7.80. The zero-order chi connectivity index (χ0) is 45.3. The van der Waals surface area contributed by atoms with E-state index in [4.69, 9.17) is 9.47 Å². The average Bonchev–Trinajstić information content (AvgIpc) is 3.33. The number of aldehydes is 1. The van der Waals surface area contributed by atoms with E-state index in [1.165, 1.54) is 51.0 Å². The van der Waals surface area contributed by atoms with E-state index in [9.17, 15) is 29.7 Å². The second-order valence-corrected chi connectivity index (χ2v) is 16.0. The summed E-state index contributed by atoms with van der Waals surface area (Å²) in [6.45, 7) is 5.86. The van der Waals surface area contributed by atoms with E-state index < -0.39 is 24.2 Å². The monoisotopic (exact) mass is 869 g/mol. The van der Waals surface area contributed by atoms with Crippen molar-refractivity contribution in [2.75, 3.05) is 63.6 Å². The van der Waals surface area contributed by atoms with Crippen molar-refractivity contribution in [2.45, 2.75) is 44.6 Å². The van der Waals surface area contributed by atoms with Crippen molar-refractivity contribution >= 4 is 35.8 Å². The van der Waals surface area contributed by atoms with Crippen molar-refractivity contribution in [3.05, 3.63) is 160 Å². The molecule has 2 bridgehead atoms. The van der Waals surface area contributed by atoms with Crippen LogP contribution in [0.2, 0.25) is 0 Å². The molecule has 0 saturated carbocycles. The smallest absolute Gasteiger partial charge is 0.405 e. The number of carboxylic acid groups (broad SMARTS) is 1. The van der Waals surface area contributed by atoms with Gasteiger partial charge < -0.3 is 50.5 Å². The van der Waals surface area contributed by atoms with Gasteiger partial charge in [-0.15, -0.1) is 0 Å². The lowest BCUT2D eigenvalue weighted by atomic mass is 9.89. The molecule has 6 N–H and O–H groups in total. The number of ether oxygens (including phenoxy) is 2. The highest BCUT2D eigenvalue weighted by atomic mass is 16.5. The van der Waals surface area contributed by atoms with Crippen molar-refractivity contribution in [3.8, 4) is 11.5 Å². The molecule has 0 radical (unpaired) electrons. The number of carbonyl (C=O) groups excluding carboxylic acids is 2. The van der Waals surface area contributed by atoms with Crippen LogP contribution in [0.4, 0.5) is 16.2 Å². The highest BCUT2D eigenvalue weighted by molar-refractivity contribution is 5.89. The van der Waals surface area contributed by atoms with E-state index in [-0.39, 0.29) is 25.5 Å². The highest BCUT2D eigenvalue weighted by Crippen LogP contribution is 2.34. The van der Waals surface area contributed by atoms with Crippen LogP contribution in [0.3, 0.4) is 0 Å². The third-order valence-electron chi connectivity index (χ3n) is 11.7. The van der Waals surface area contributed by atoms with Gasteiger partial charge in [0.25, 0.3) is 0 Å². The van der Waals surface area contributed by atoms with Crippen molar-refractivity contribution in [1.29, 1.82) is 0 Å². The number of phenolic OH excluding ortho intramolecular Hbond substituents is 1. The van der Waals surface area contributed by atoms with Crippen LogP contribution in [0.5, 0.6) is 11.5 Å². The summed E-state index contributed by atoms with van der Waals surface area (Å²) >= 11 is 0. The first-order valence-corrected chi connectivity index (χ1v) is 21.7. The number of phenols is 1. The number of carbonyl (C=O) groups is 3. The number of nitrogens with one attached hydrogen (secondary N) is 3. The van der Waals surface area contributed by atoms with Crippen LogP contribution in [0.1, 0.15) is 75.1 Å². The molecule has 3 saturated heterocycles. The second kappa shape index (κ2) is 23.7. The minimum absolute atomic E-state index is 0.0207. The van der Waals surface area contributed by atoms with Crippen molar-refractivity contribution in [3.63, 3.8) is 0 Å². The highest BCUT2D eigenvalue weighted by Gasteiger charge is 2.24. The SMILES string of the molecule is C1CN2CCC1CC2.CNc1c(O)ccc(C(O)CNCc2ccc(N(C)CCOC(=O)c3ccc(COc4cccc(C(NC(=O)O)c5ccccc5)c4)cc3)cc2)c1/C=C\C=O. The molecule has 0 aromatic heterocycles. The first-order valence-electron chi connectivity index (χ1n) is 21.7.